The summed E-state index contributed by atoms with van der Waals surface area (Å²) in [6, 6.07) is 18.4. The van der Waals surface area contributed by atoms with Crippen LogP contribution in [0.4, 0.5) is 0 Å². The van der Waals surface area contributed by atoms with Crippen molar-refractivity contribution in [3.05, 3.63) is 83.9 Å². The van der Waals surface area contributed by atoms with E-state index in [1.54, 1.807) is 18.0 Å². The lowest BCUT2D eigenvalue weighted by atomic mass is 10.0. The maximum Gasteiger partial charge on any atom is 0.187 e. The zero-order valence-electron chi connectivity index (χ0n) is 15.5. The maximum atomic E-state index is 6.47. The van der Waals surface area contributed by atoms with Gasteiger partial charge in [-0.2, -0.15) is 0 Å². The molecule has 1 aliphatic rings. The first-order chi connectivity index (χ1) is 13.7. The van der Waals surface area contributed by atoms with E-state index in [2.05, 4.69) is 41.4 Å². The molecule has 0 N–H and O–H groups in total. The fourth-order valence-corrected chi connectivity index (χ4v) is 4.36. The number of rotatable bonds is 8. The highest BCUT2D eigenvalue weighted by atomic mass is 35.5. The van der Waals surface area contributed by atoms with Crippen molar-refractivity contribution in [2.45, 2.75) is 36.2 Å². The minimum Gasteiger partial charge on any atom is -0.345 e. The number of hydrogen-bond acceptors (Lipinski definition) is 4. The van der Waals surface area contributed by atoms with Gasteiger partial charge in [0.2, 0.25) is 0 Å². The third-order valence-electron chi connectivity index (χ3n) is 4.78. The summed E-state index contributed by atoms with van der Waals surface area (Å²) in [4.78, 5) is 5.40. The first-order valence-electron chi connectivity index (χ1n) is 9.41. The van der Waals surface area contributed by atoms with Crippen molar-refractivity contribution in [2.75, 3.05) is 12.4 Å². The summed E-state index contributed by atoms with van der Waals surface area (Å²) in [7, 11) is 0. The monoisotopic (exact) mass is 414 g/mol. The molecule has 1 fully saturated rings. The highest BCUT2D eigenvalue weighted by Gasteiger charge is 2.41. The van der Waals surface area contributed by atoms with Crippen LogP contribution < -0.4 is 0 Å². The zero-order valence-corrected chi connectivity index (χ0v) is 17.1. The summed E-state index contributed by atoms with van der Waals surface area (Å²) in [5, 5.41) is 0.753. The van der Waals surface area contributed by atoms with Crippen LogP contribution in [0.25, 0.3) is 0 Å². The van der Waals surface area contributed by atoms with E-state index < -0.39 is 5.79 Å². The number of halogens is 1. The predicted molar refractivity (Wildman–Crippen MR) is 113 cm³/mol. The van der Waals surface area contributed by atoms with Crippen molar-refractivity contribution in [1.82, 2.24) is 9.55 Å². The molecule has 0 aliphatic carbocycles. The molecule has 2 atom stereocenters. The second kappa shape index (κ2) is 9.14. The molecule has 3 aromatic rings. The number of aromatic nitrogens is 2. The van der Waals surface area contributed by atoms with Gasteiger partial charge in [-0.3, -0.25) is 0 Å². The maximum absolute atomic E-state index is 6.47. The molecule has 1 saturated heterocycles. The first-order valence-corrected chi connectivity index (χ1v) is 10.8. The Morgan fingerprint density at radius 1 is 1.14 bits per heavy atom. The number of nitrogens with zero attached hydrogens (tertiary/aromatic N) is 2. The molecule has 4 nitrogen and oxygen atoms in total. The Kier molecular flexibility index (Phi) is 6.37. The van der Waals surface area contributed by atoms with Crippen molar-refractivity contribution < 1.29 is 9.47 Å². The van der Waals surface area contributed by atoms with E-state index >= 15 is 0 Å². The Labute approximate surface area is 174 Å². The topological polar surface area (TPSA) is 36.3 Å². The average molecular weight is 415 g/mol. The van der Waals surface area contributed by atoms with E-state index in [4.69, 9.17) is 21.1 Å². The van der Waals surface area contributed by atoms with E-state index in [0.717, 1.165) is 23.6 Å². The van der Waals surface area contributed by atoms with Crippen LogP contribution >= 0.6 is 23.4 Å². The third-order valence-corrected chi connectivity index (χ3v) is 6.18. The van der Waals surface area contributed by atoms with Crippen LogP contribution in [0.3, 0.4) is 0 Å². The molecular weight excluding hydrogens is 392 g/mol. The average Bonchev–Trinajstić information content (AvgIpc) is 3.38. The summed E-state index contributed by atoms with van der Waals surface area (Å²) in [6.45, 7) is 1.24. The quantitative estimate of drug-likeness (QED) is 0.482. The Bertz CT molecular complexity index is 858. The summed E-state index contributed by atoms with van der Waals surface area (Å²) >= 11 is 7.81. The Morgan fingerprint density at radius 2 is 1.96 bits per heavy atom. The van der Waals surface area contributed by atoms with Gasteiger partial charge >= 0.3 is 0 Å². The number of ether oxygens (including phenoxy) is 2. The lowest BCUT2D eigenvalue weighted by molar-refractivity contribution is -0.180. The minimum atomic E-state index is -0.637. The molecular formula is C22H23ClN2O2S. The van der Waals surface area contributed by atoms with Crippen molar-refractivity contribution in [3.8, 4) is 0 Å². The largest absolute Gasteiger partial charge is 0.345 e. The first kappa shape index (κ1) is 19.5. The third kappa shape index (κ3) is 5.17. The SMILES string of the molecule is Clc1ccc(CCC2(Cn3ccnc3)OCC(CSc3ccccc3)O2)cc1. The van der Waals surface area contributed by atoms with Crippen LogP contribution in [0.5, 0.6) is 0 Å². The van der Waals surface area contributed by atoms with Gasteiger partial charge in [-0.1, -0.05) is 41.9 Å². The van der Waals surface area contributed by atoms with Crippen LogP contribution in [0.1, 0.15) is 12.0 Å². The second-order valence-electron chi connectivity index (χ2n) is 6.95. The summed E-state index contributed by atoms with van der Waals surface area (Å²) in [5.41, 5.74) is 1.23. The van der Waals surface area contributed by atoms with Crippen LogP contribution in [0.2, 0.25) is 5.02 Å². The molecule has 2 unspecified atom stereocenters. The number of aryl methyl sites for hydroxylation is 1. The second-order valence-corrected chi connectivity index (χ2v) is 8.48. The van der Waals surface area contributed by atoms with E-state index in [1.807, 2.05) is 35.3 Å². The number of hydrogen-bond donors (Lipinski definition) is 0. The molecule has 1 aliphatic heterocycles. The van der Waals surface area contributed by atoms with Crippen molar-refractivity contribution >= 4 is 23.4 Å². The van der Waals surface area contributed by atoms with Gasteiger partial charge in [0.25, 0.3) is 0 Å². The smallest absolute Gasteiger partial charge is 0.187 e. The molecule has 2 heterocycles. The normalized spacial score (nSPS) is 21.8. The summed E-state index contributed by atoms with van der Waals surface area (Å²) in [5.74, 6) is 0.235. The Balaban J connectivity index is 1.41. The van der Waals surface area contributed by atoms with Gasteiger partial charge in [0.1, 0.15) is 0 Å². The van der Waals surface area contributed by atoms with Gasteiger partial charge in [0, 0.05) is 34.5 Å². The van der Waals surface area contributed by atoms with E-state index in [9.17, 15) is 0 Å². The summed E-state index contributed by atoms with van der Waals surface area (Å²) in [6.07, 6.45) is 7.25. The molecule has 1 aromatic heterocycles. The highest BCUT2D eigenvalue weighted by molar-refractivity contribution is 7.99. The predicted octanol–water partition coefficient (Wildman–Crippen LogP) is 5.07. The Morgan fingerprint density at radius 3 is 2.71 bits per heavy atom. The lowest BCUT2D eigenvalue weighted by Gasteiger charge is -2.28. The van der Waals surface area contributed by atoms with E-state index in [0.29, 0.717) is 13.2 Å². The van der Waals surface area contributed by atoms with Crippen LogP contribution in [0, 0.1) is 0 Å². The number of thioether (sulfide) groups is 1. The molecule has 6 heteroatoms. The molecule has 146 valence electrons. The van der Waals surface area contributed by atoms with Crippen molar-refractivity contribution in [3.63, 3.8) is 0 Å². The standard InChI is InChI=1S/C22H23ClN2O2S/c23-19-8-6-18(7-9-19)10-11-22(16-25-13-12-24-17-25)26-14-20(27-22)15-28-21-4-2-1-3-5-21/h1-9,12-13,17,20H,10-11,14-16H2. The van der Waals surface area contributed by atoms with Crippen LogP contribution in [0.15, 0.2) is 78.2 Å². The van der Waals surface area contributed by atoms with Gasteiger partial charge in [-0.05, 0) is 36.2 Å². The van der Waals surface area contributed by atoms with E-state index in [-0.39, 0.29) is 6.10 Å². The molecule has 0 amide bonds. The lowest BCUT2D eigenvalue weighted by Crippen LogP contribution is -2.37. The fourth-order valence-electron chi connectivity index (χ4n) is 3.34. The van der Waals surface area contributed by atoms with Gasteiger partial charge in [0.15, 0.2) is 5.79 Å². The van der Waals surface area contributed by atoms with Gasteiger partial charge < -0.3 is 14.0 Å². The molecule has 0 bridgehead atoms. The minimum absolute atomic E-state index is 0.0685. The van der Waals surface area contributed by atoms with Gasteiger partial charge in [0.05, 0.1) is 25.6 Å². The molecule has 0 spiro atoms. The van der Waals surface area contributed by atoms with Crippen molar-refractivity contribution in [1.29, 1.82) is 0 Å². The fraction of sp³-hybridized carbons (Fsp3) is 0.318. The van der Waals surface area contributed by atoms with Gasteiger partial charge in [-0.25, -0.2) is 4.98 Å². The number of imidazole rings is 1. The molecule has 28 heavy (non-hydrogen) atoms. The van der Waals surface area contributed by atoms with E-state index in [1.165, 1.54) is 10.5 Å². The van der Waals surface area contributed by atoms with Gasteiger partial charge in [-0.15, -0.1) is 11.8 Å². The Hall–Kier alpha value is -1.79. The number of benzene rings is 2. The van der Waals surface area contributed by atoms with Crippen LogP contribution in [-0.2, 0) is 22.4 Å². The molecule has 0 radical (unpaired) electrons. The molecule has 4 rings (SSSR count). The molecule has 2 aromatic carbocycles. The summed E-state index contributed by atoms with van der Waals surface area (Å²) < 4.78 is 14.7. The van der Waals surface area contributed by atoms with Crippen molar-refractivity contribution in [2.24, 2.45) is 0 Å². The van der Waals surface area contributed by atoms with Crippen LogP contribution in [-0.4, -0.2) is 33.8 Å². The molecule has 0 saturated carbocycles. The highest BCUT2D eigenvalue weighted by Crippen LogP contribution is 2.33. The zero-order chi connectivity index (χ0) is 19.2.